The first-order chi connectivity index (χ1) is 8.97. The number of nitrogens with two attached hydrogens (primary N) is 1. The zero-order chi connectivity index (χ0) is 14.0. The van der Waals surface area contributed by atoms with Crippen molar-refractivity contribution in [1.82, 2.24) is 0 Å². The second kappa shape index (κ2) is 6.03. The highest BCUT2D eigenvalue weighted by Crippen LogP contribution is 2.36. The summed E-state index contributed by atoms with van der Waals surface area (Å²) in [4.78, 5) is 1.07. The molecule has 0 aliphatic rings. The predicted octanol–water partition coefficient (Wildman–Crippen LogP) is 4.90. The van der Waals surface area contributed by atoms with Gasteiger partial charge in [-0.15, -0.1) is 0 Å². The van der Waals surface area contributed by atoms with Crippen LogP contribution in [0.5, 0.6) is 0 Å². The lowest BCUT2D eigenvalue weighted by atomic mass is 10.1. The minimum atomic E-state index is -0.452. The van der Waals surface area contributed by atoms with Gasteiger partial charge in [-0.1, -0.05) is 17.8 Å². The maximum Gasteiger partial charge on any atom is 0.137 e. The third-order valence-electron chi connectivity index (χ3n) is 2.59. The van der Waals surface area contributed by atoms with E-state index in [9.17, 15) is 8.78 Å². The summed E-state index contributed by atoms with van der Waals surface area (Å²) >= 11 is 4.60. The van der Waals surface area contributed by atoms with Gasteiger partial charge in [0.1, 0.15) is 11.6 Å². The summed E-state index contributed by atoms with van der Waals surface area (Å²) in [6.45, 7) is 1.89. The summed E-state index contributed by atoms with van der Waals surface area (Å²) in [5.41, 5.74) is 6.77. The number of hydrogen-bond acceptors (Lipinski definition) is 2. The molecule has 0 heterocycles. The van der Waals surface area contributed by atoms with E-state index < -0.39 is 11.6 Å². The molecular weight excluding hydrogens is 332 g/mol. The van der Waals surface area contributed by atoms with Crippen LogP contribution in [0, 0.1) is 11.6 Å². The summed E-state index contributed by atoms with van der Waals surface area (Å²) in [5.74, 6) is -0.887. The molecule has 1 atom stereocenters. The molecule has 2 aromatic rings. The summed E-state index contributed by atoms with van der Waals surface area (Å²) < 4.78 is 27.5. The van der Waals surface area contributed by atoms with Crippen molar-refractivity contribution >= 4 is 27.7 Å². The molecule has 2 rings (SSSR count). The Bertz CT molecular complexity index is 602. The Labute approximate surface area is 123 Å². The molecule has 0 radical (unpaired) electrons. The van der Waals surface area contributed by atoms with Crippen LogP contribution in [-0.2, 0) is 0 Å². The fourth-order valence-electron chi connectivity index (χ4n) is 1.56. The molecule has 5 heteroatoms. The van der Waals surface area contributed by atoms with Crippen molar-refractivity contribution in [2.24, 2.45) is 5.73 Å². The van der Waals surface area contributed by atoms with Gasteiger partial charge < -0.3 is 5.73 Å². The monoisotopic (exact) mass is 343 g/mol. The zero-order valence-electron chi connectivity index (χ0n) is 10.2. The first-order valence-electron chi connectivity index (χ1n) is 5.65. The summed E-state index contributed by atoms with van der Waals surface area (Å²) in [6.07, 6.45) is 0. The fraction of sp³-hybridized carbons (Fsp3) is 0.143. The molecular formula is C14H12BrF2NS. The molecule has 0 saturated heterocycles. The second-order valence-corrected chi connectivity index (χ2v) is 6.09. The van der Waals surface area contributed by atoms with E-state index in [0.717, 1.165) is 27.1 Å². The summed E-state index contributed by atoms with van der Waals surface area (Å²) in [5, 5.41) is 0. The predicted molar refractivity (Wildman–Crippen MR) is 77.2 cm³/mol. The smallest absolute Gasteiger partial charge is 0.137 e. The van der Waals surface area contributed by atoms with E-state index in [2.05, 4.69) is 15.9 Å². The largest absolute Gasteiger partial charge is 0.324 e. The third-order valence-corrected chi connectivity index (χ3v) is 4.62. The number of halogens is 3. The lowest BCUT2D eigenvalue weighted by Crippen LogP contribution is -2.04. The maximum atomic E-state index is 13.6. The normalized spacial score (nSPS) is 12.5. The van der Waals surface area contributed by atoms with Crippen LogP contribution in [0.4, 0.5) is 8.78 Å². The van der Waals surface area contributed by atoms with Gasteiger partial charge in [0.05, 0.1) is 4.90 Å². The molecule has 19 heavy (non-hydrogen) atoms. The van der Waals surface area contributed by atoms with E-state index >= 15 is 0 Å². The van der Waals surface area contributed by atoms with Crippen molar-refractivity contribution in [3.63, 3.8) is 0 Å². The quantitative estimate of drug-likeness (QED) is 0.857. The van der Waals surface area contributed by atoms with Gasteiger partial charge >= 0.3 is 0 Å². The van der Waals surface area contributed by atoms with E-state index in [1.165, 1.54) is 17.8 Å². The Morgan fingerprint density at radius 1 is 1.11 bits per heavy atom. The standard InChI is InChI=1S/C14H12BrF2NS/c1-8(18)9-2-5-13(11(15)6-9)19-14-7-10(16)3-4-12(14)17/h2-8H,18H2,1H3/t8-/m1/s1. The molecule has 0 unspecified atom stereocenters. The molecule has 0 aromatic heterocycles. The summed E-state index contributed by atoms with van der Waals surface area (Å²) in [6, 6.07) is 8.97. The lowest BCUT2D eigenvalue weighted by Gasteiger charge is -2.10. The van der Waals surface area contributed by atoms with Crippen LogP contribution in [0.3, 0.4) is 0 Å². The molecule has 2 N–H and O–H groups in total. The van der Waals surface area contributed by atoms with Crippen LogP contribution in [0.25, 0.3) is 0 Å². The van der Waals surface area contributed by atoms with E-state index in [0.29, 0.717) is 0 Å². The SMILES string of the molecule is C[C@@H](N)c1ccc(Sc2cc(F)ccc2F)c(Br)c1. The summed E-state index contributed by atoms with van der Waals surface area (Å²) in [7, 11) is 0. The number of rotatable bonds is 3. The average Bonchev–Trinajstić information content (AvgIpc) is 2.36. The first kappa shape index (κ1) is 14.5. The highest BCUT2D eigenvalue weighted by atomic mass is 79.9. The van der Waals surface area contributed by atoms with E-state index in [-0.39, 0.29) is 10.9 Å². The van der Waals surface area contributed by atoms with Crippen LogP contribution in [0.15, 0.2) is 50.7 Å². The van der Waals surface area contributed by atoms with Crippen molar-refractivity contribution < 1.29 is 8.78 Å². The van der Waals surface area contributed by atoms with Gasteiger partial charge in [0, 0.05) is 15.4 Å². The molecule has 2 aromatic carbocycles. The molecule has 0 fully saturated rings. The number of benzene rings is 2. The first-order valence-corrected chi connectivity index (χ1v) is 7.26. The Hall–Kier alpha value is -0.910. The molecule has 0 amide bonds. The molecule has 1 nitrogen and oxygen atoms in total. The van der Waals surface area contributed by atoms with Crippen LogP contribution < -0.4 is 5.73 Å². The van der Waals surface area contributed by atoms with Gasteiger partial charge in [0.25, 0.3) is 0 Å². The minimum Gasteiger partial charge on any atom is -0.324 e. The molecule has 0 aliphatic carbocycles. The Balaban J connectivity index is 2.31. The molecule has 0 bridgehead atoms. The van der Waals surface area contributed by atoms with Crippen molar-refractivity contribution in [3.05, 3.63) is 58.1 Å². The Morgan fingerprint density at radius 2 is 1.84 bits per heavy atom. The van der Waals surface area contributed by atoms with Gasteiger partial charge in [-0.05, 0) is 58.7 Å². The molecule has 0 spiro atoms. The average molecular weight is 344 g/mol. The van der Waals surface area contributed by atoms with Crippen molar-refractivity contribution in [2.75, 3.05) is 0 Å². The van der Waals surface area contributed by atoms with Crippen LogP contribution >= 0.6 is 27.7 Å². The highest BCUT2D eigenvalue weighted by molar-refractivity contribution is 9.10. The van der Waals surface area contributed by atoms with E-state index in [4.69, 9.17) is 5.73 Å². The third kappa shape index (κ3) is 3.55. The molecule has 100 valence electrons. The molecule has 0 saturated carbocycles. The van der Waals surface area contributed by atoms with Crippen LogP contribution in [0.2, 0.25) is 0 Å². The Morgan fingerprint density at radius 3 is 2.47 bits per heavy atom. The number of hydrogen-bond donors (Lipinski definition) is 1. The van der Waals surface area contributed by atoms with E-state index in [1.807, 2.05) is 25.1 Å². The van der Waals surface area contributed by atoms with Crippen molar-refractivity contribution in [2.45, 2.75) is 22.8 Å². The van der Waals surface area contributed by atoms with Gasteiger partial charge in [-0.25, -0.2) is 8.78 Å². The zero-order valence-corrected chi connectivity index (χ0v) is 12.6. The highest BCUT2D eigenvalue weighted by Gasteiger charge is 2.10. The van der Waals surface area contributed by atoms with Gasteiger partial charge in [0.15, 0.2) is 0 Å². The lowest BCUT2D eigenvalue weighted by molar-refractivity contribution is 0.577. The van der Waals surface area contributed by atoms with Gasteiger partial charge in [-0.2, -0.15) is 0 Å². The Kier molecular flexibility index (Phi) is 4.60. The van der Waals surface area contributed by atoms with Crippen molar-refractivity contribution in [1.29, 1.82) is 0 Å². The van der Waals surface area contributed by atoms with E-state index in [1.54, 1.807) is 0 Å². The second-order valence-electron chi connectivity index (χ2n) is 4.16. The fourth-order valence-corrected chi connectivity index (χ4v) is 3.06. The van der Waals surface area contributed by atoms with Crippen LogP contribution in [-0.4, -0.2) is 0 Å². The van der Waals surface area contributed by atoms with Gasteiger partial charge in [-0.3, -0.25) is 0 Å². The maximum absolute atomic E-state index is 13.6. The topological polar surface area (TPSA) is 26.0 Å². The molecule has 0 aliphatic heterocycles. The minimum absolute atomic E-state index is 0.0683. The van der Waals surface area contributed by atoms with Crippen molar-refractivity contribution in [3.8, 4) is 0 Å². The van der Waals surface area contributed by atoms with Gasteiger partial charge in [0.2, 0.25) is 0 Å². The van der Waals surface area contributed by atoms with Crippen LogP contribution in [0.1, 0.15) is 18.5 Å².